The van der Waals surface area contributed by atoms with Crippen LogP contribution in [0, 0.1) is 0 Å². The molecule has 0 aliphatic carbocycles. The van der Waals surface area contributed by atoms with Crippen LogP contribution in [0.2, 0.25) is 0 Å². The lowest BCUT2D eigenvalue weighted by molar-refractivity contribution is 0.603. The lowest BCUT2D eigenvalue weighted by Gasteiger charge is -1.85. The van der Waals surface area contributed by atoms with Gasteiger partial charge in [0.2, 0.25) is 0 Å². The van der Waals surface area contributed by atoms with Crippen LogP contribution in [0.3, 0.4) is 0 Å². The first-order chi connectivity index (χ1) is 4.50. The van der Waals surface area contributed by atoms with Gasteiger partial charge in [-0.25, -0.2) is 13.4 Å². The molecule has 0 saturated heterocycles. The van der Waals surface area contributed by atoms with Crippen LogP contribution in [-0.4, -0.2) is 19.7 Å². The SMILES string of the molecule is CS(=O)(=O)c1cnc(N)s1. The molecule has 0 spiro atoms. The van der Waals surface area contributed by atoms with Crippen molar-refractivity contribution in [1.82, 2.24) is 4.98 Å². The van der Waals surface area contributed by atoms with Gasteiger partial charge < -0.3 is 5.73 Å². The van der Waals surface area contributed by atoms with Gasteiger partial charge in [0, 0.05) is 6.26 Å². The highest BCUT2D eigenvalue weighted by atomic mass is 32.2. The van der Waals surface area contributed by atoms with E-state index in [0.717, 1.165) is 17.6 Å². The third-order valence-corrected chi connectivity index (χ3v) is 3.48. The van der Waals surface area contributed by atoms with E-state index >= 15 is 0 Å². The van der Waals surface area contributed by atoms with Crippen molar-refractivity contribution in [2.24, 2.45) is 0 Å². The summed E-state index contributed by atoms with van der Waals surface area (Å²) < 4.78 is 21.7. The third-order valence-electron chi connectivity index (χ3n) is 0.868. The van der Waals surface area contributed by atoms with E-state index in [4.69, 9.17) is 5.73 Å². The normalized spacial score (nSPS) is 11.7. The predicted octanol–water partition coefficient (Wildman–Crippen LogP) is 0.129. The van der Waals surface area contributed by atoms with Gasteiger partial charge in [-0.15, -0.1) is 0 Å². The van der Waals surface area contributed by atoms with Crippen LogP contribution < -0.4 is 5.73 Å². The molecule has 0 aliphatic rings. The van der Waals surface area contributed by atoms with Crippen LogP contribution in [0.25, 0.3) is 0 Å². The van der Waals surface area contributed by atoms with Gasteiger partial charge in [-0.05, 0) is 0 Å². The molecule has 0 atom stereocenters. The minimum absolute atomic E-state index is 0.213. The van der Waals surface area contributed by atoms with Crippen molar-refractivity contribution in [2.75, 3.05) is 12.0 Å². The molecule has 0 aliphatic heterocycles. The van der Waals surface area contributed by atoms with Crippen molar-refractivity contribution >= 4 is 26.3 Å². The fraction of sp³-hybridized carbons (Fsp3) is 0.250. The first-order valence-corrected chi connectivity index (χ1v) is 5.12. The molecule has 6 heteroatoms. The maximum atomic E-state index is 10.8. The highest BCUT2D eigenvalue weighted by Crippen LogP contribution is 2.19. The van der Waals surface area contributed by atoms with E-state index < -0.39 is 9.84 Å². The highest BCUT2D eigenvalue weighted by Gasteiger charge is 2.09. The average Bonchev–Trinajstić information content (AvgIpc) is 2.11. The second-order valence-electron chi connectivity index (χ2n) is 1.79. The van der Waals surface area contributed by atoms with Gasteiger partial charge in [-0.2, -0.15) is 0 Å². The van der Waals surface area contributed by atoms with E-state index in [2.05, 4.69) is 4.98 Å². The van der Waals surface area contributed by atoms with E-state index in [1.54, 1.807) is 0 Å². The van der Waals surface area contributed by atoms with Gasteiger partial charge in [0.15, 0.2) is 15.0 Å². The Balaban J connectivity index is 3.21. The number of hydrogen-bond donors (Lipinski definition) is 1. The third kappa shape index (κ3) is 1.45. The molecule has 4 nitrogen and oxygen atoms in total. The second kappa shape index (κ2) is 2.21. The van der Waals surface area contributed by atoms with Gasteiger partial charge in [0.05, 0.1) is 6.20 Å². The maximum absolute atomic E-state index is 10.8. The van der Waals surface area contributed by atoms with E-state index in [1.807, 2.05) is 0 Å². The van der Waals surface area contributed by atoms with Crippen molar-refractivity contribution in [3.8, 4) is 0 Å². The number of nitrogens with zero attached hydrogens (tertiary/aromatic N) is 1. The number of aromatic nitrogens is 1. The topological polar surface area (TPSA) is 73.0 Å². The molecule has 1 heterocycles. The molecule has 2 N–H and O–H groups in total. The fourth-order valence-corrected chi connectivity index (χ4v) is 1.97. The van der Waals surface area contributed by atoms with Crippen molar-refractivity contribution in [3.63, 3.8) is 0 Å². The molecule has 1 aromatic rings. The zero-order chi connectivity index (χ0) is 7.78. The van der Waals surface area contributed by atoms with Gasteiger partial charge in [0.25, 0.3) is 0 Å². The zero-order valence-corrected chi connectivity index (χ0v) is 6.87. The van der Waals surface area contributed by atoms with Gasteiger partial charge in [0.1, 0.15) is 4.21 Å². The Morgan fingerprint density at radius 3 is 2.50 bits per heavy atom. The number of anilines is 1. The van der Waals surface area contributed by atoms with Crippen LogP contribution in [0.1, 0.15) is 0 Å². The van der Waals surface area contributed by atoms with Crippen LogP contribution in [0.15, 0.2) is 10.4 Å². The molecule has 0 fully saturated rings. The number of nitrogen functional groups attached to an aromatic ring is 1. The van der Waals surface area contributed by atoms with Gasteiger partial charge in [-0.3, -0.25) is 0 Å². The second-order valence-corrected chi connectivity index (χ2v) is 5.09. The average molecular weight is 178 g/mol. The molecular weight excluding hydrogens is 172 g/mol. The standard InChI is InChI=1S/C4H6N2O2S2/c1-10(7,8)3-2-6-4(5)9-3/h2H,1H3,(H2,5,6). The number of rotatable bonds is 1. The first-order valence-electron chi connectivity index (χ1n) is 2.41. The number of sulfone groups is 1. The lowest BCUT2D eigenvalue weighted by Crippen LogP contribution is -1.91. The highest BCUT2D eigenvalue weighted by molar-refractivity contribution is 7.92. The molecule has 0 bridgehead atoms. The van der Waals surface area contributed by atoms with Crippen molar-refractivity contribution in [1.29, 1.82) is 0 Å². The molecular formula is C4H6N2O2S2. The Hall–Kier alpha value is -0.620. The lowest BCUT2D eigenvalue weighted by atomic mass is 11.0. The summed E-state index contributed by atoms with van der Waals surface area (Å²) in [5.74, 6) is 0. The Bertz CT molecular complexity index is 327. The summed E-state index contributed by atoms with van der Waals surface area (Å²) in [6.07, 6.45) is 2.38. The molecule has 0 radical (unpaired) electrons. The largest absolute Gasteiger partial charge is 0.375 e. The van der Waals surface area contributed by atoms with Crippen LogP contribution in [0.4, 0.5) is 5.13 Å². The van der Waals surface area contributed by atoms with Gasteiger partial charge >= 0.3 is 0 Å². The molecule has 0 aromatic carbocycles. The quantitative estimate of drug-likeness (QED) is 0.663. The summed E-state index contributed by atoms with van der Waals surface area (Å²) in [7, 11) is -3.11. The summed E-state index contributed by atoms with van der Waals surface area (Å²) in [6.45, 7) is 0. The number of hydrogen-bond acceptors (Lipinski definition) is 5. The minimum Gasteiger partial charge on any atom is -0.375 e. The summed E-state index contributed by atoms with van der Waals surface area (Å²) >= 11 is 0.973. The number of thiazole rings is 1. The Morgan fingerprint density at radius 2 is 2.30 bits per heavy atom. The van der Waals surface area contributed by atoms with Crippen LogP contribution >= 0.6 is 11.3 Å². The van der Waals surface area contributed by atoms with Crippen LogP contribution in [0.5, 0.6) is 0 Å². The Labute approximate surface area is 62.6 Å². The molecule has 10 heavy (non-hydrogen) atoms. The fourth-order valence-electron chi connectivity index (χ4n) is 0.444. The van der Waals surface area contributed by atoms with E-state index in [-0.39, 0.29) is 9.34 Å². The molecule has 0 unspecified atom stereocenters. The van der Waals surface area contributed by atoms with E-state index in [1.165, 1.54) is 6.20 Å². The summed E-state index contributed by atoms with van der Waals surface area (Å²) in [5, 5.41) is 0.278. The monoisotopic (exact) mass is 178 g/mol. The van der Waals surface area contributed by atoms with E-state index in [0.29, 0.717) is 0 Å². The molecule has 1 aromatic heterocycles. The minimum atomic E-state index is -3.11. The molecule has 1 rings (SSSR count). The summed E-state index contributed by atoms with van der Waals surface area (Å²) in [6, 6.07) is 0. The van der Waals surface area contributed by atoms with Crippen LogP contribution in [-0.2, 0) is 9.84 Å². The van der Waals surface area contributed by atoms with E-state index in [9.17, 15) is 8.42 Å². The number of nitrogens with two attached hydrogens (primary N) is 1. The van der Waals surface area contributed by atoms with Gasteiger partial charge in [-0.1, -0.05) is 11.3 Å². The van der Waals surface area contributed by atoms with Crippen molar-refractivity contribution < 1.29 is 8.42 Å². The zero-order valence-electron chi connectivity index (χ0n) is 5.23. The molecule has 56 valence electrons. The maximum Gasteiger partial charge on any atom is 0.186 e. The smallest absolute Gasteiger partial charge is 0.186 e. The Morgan fingerprint density at radius 1 is 1.70 bits per heavy atom. The Kier molecular flexibility index (Phi) is 1.65. The van der Waals surface area contributed by atoms with Crippen molar-refractivity contribution in [3.05, 3.63) is 6.20 Å². The molecule has 0 amide bonds. The predicted molar refractivity (Wildman–Crippen MR) is 39.6 cm³/mol. The van der Waals surface area contributed by atoms with Crippen molar-refractivity contribution in [2.45, 2.75) is 4.21 Å². The summed E-state index contributed by atoms with van der Waals surface area (Å²) in [5.41, 5.74) is 5.22. The summed E-state index contributed by atoms with van der Waals surface area (Å²) in [4.78, 5) is 3.60. The molecule has 0 saturated carbocycles. The first kappa shape index (κ1) is 7.49.